The SMILES string of the molecule is C=CCn1c(SCC(=O)Nc2cc(Cl)ccc2C#N)nc2sccc2c1=O. The number of hydrogen-bond donors (Lipinski definition) is 1. The summed E-state index contributed by atoms with van der Waals surface area (Å²) < 4.78 is 1.49. The minimum atomic E-state index is -0.329. The molecule has 9 heteroatoms. The van der Waals surface area contributed by atoms with Gasteiger partial charge < -0.3 is 5.32 Å². The highest BCUT2D eigenvalue weighted by atomic mass is 35.5. The van der Waals surface area contributed by atoms with Crippen LogP contribution >= 0.6 is 34.7 Å². The number of halogens is 1. The molecule has 0 fully saturated rings. The Kier molecular flexibility index (Phi) is 5.96. The second-order valence-corrected chi connectivity index (χ2v) is 7.65. The molecule has 0 saturated carbocycles. The minimum absolute atomic E-state index is 0.0256. The third-order valence-electron chi connectivity index (χ3n) is 3.57. The van der Waals surface area contributed by atoms with Crippen molar-refractivity contribution < 1.29 is 4.79 Å². The summed E-state index contributed by atoms with van der Waals surface area (Å²) in [6.45, 7) is 3.97. The number of nitriles is 1. The van der Waals surface area contributed by atoms with E-state index in [-0.39, 0.29) is 17.2 Å². The van der Waals surface area contributed by atoms with Crippen molar-refractivity contribution >= 4 is 56.5 Å². The number of carbonyl (C=O) groups is 1. The van der Waals surface area contributed by atoms with Crippen molar-refractivity contribution in [3.63, 3.8) is 0 Å². The van der Waals surface area contributed by atoms with Gasteiger partial charge in [-0.2, -0.15) is 5.26 Å². The van der Waals surface area contributed by atoms with E-state index in [1.165, 1.54) is 22.0 Å². The summed E-state index contributed by atoms with van der Waals surface area (Å²) in [5, 5.41) is 15.0. The number of fused-ring (bicyclic) bond motifs is 1. The Labute approximate surface area is 168 Å². The lowest BCUT2D eigenvalue weighted by Crippen LogP contribution is -2.23. The molecule has 0 radical (unpaired) electrons. The minimum Gasteiger partial charge on any atom is -0.324 e. The molecule has 136 valence electrons. The third kappa shape index (κ3) is 4.22. The lowest BCUT2D eigenvalue weighted by molar-refractivity contribution is -0.113. The van der Waals surface area contributed by atoms with E-state index < -0.39 is 0 Å². The number of amides is 1. The van der Waals surface area contributed by atoms with Crippen LogP contribution < -0.4 is 10.9 Å². The monoisotopic (exact) mass is 416 g/mol. The van der Waals surface area contributed by atoms with E-state index in [4.69, 9.17) is 16.9 Å². The first kappa shape index (κ1) is 19.2. The molecule has 0 unspecified atom stereocenters. The van der Waals surface area contributed by atoms with Crippen molar-refractivity contribution in [2.75, 3.05) is 11.1 Å². The number of carbonyl (C=O) groups excluding carboxylic acids is 1. The van der Waals surface area contributed by atoms with Crippen molar-refractivity contribution in [2.24, 2.45) is 0 Å². The van der Waals surface area contributed by atoms with Crippen molar-refractivity contribution in [3.8, 4) is 6.07 Å². The van der Waals surface area contributed by atoms with Crippen LogP contribution in [0.15, 0.2) is 52.3 Å². The first-order valence-electron chi connectivity index (χ1n) is 7.74. The fraction of sp³-hybridized carbons (Fsp3) is 0.111. The molecule has 0 aliphatic heterocycles. The van der Waals surface area contributed by atoms with E-state index in [1.54, 1.807) is 29.7 Å². The van der Waals surface area contributed by atoms with E-state index >= 15 is 0 Å². The number of benzene rings is 1. The van der Waals surface area contributed by atoms with Gasteiger partial charge in [-0.25, -0.2) is 4.98 Å². The van der Waals surface area contributed by atoms with Crippen LogP contribution in [-0.4, -0.2) is 21.2 Å². The number of thioether (sulfide) groups is 1. The van der Waals surface area contributed by atoms with Gasteiger partial charge in [0.15, 0.2) is 5.16 Å². The lowest BCUT2D eigenvalue weighted by Gasteiger charge is -2.11. The molecule has 3 aromatic rings. The number of nitrogens with one attached hydrogen (secondary N) is 1. The van der Waals surface area contributed by atoms with Gasteiger partial charge >= 0.3 is 0 Å². The molecule has 0 saturated heterocycles. The summed E-state index contributed by atoms with van der Waals surface area (Å²) in [4.78, 5) is 30.0. The van der Waals surface area contributed by atoms with Gasteiger partial charge in [-0.3, -0.25) is 14.2 Å². The summed E-state index contributed by atoms with van der Waals surface area (Å²) in [5.41, 5.74) is 0.505. The molecule has 0 aliphatic carbocycles. The maximum absolute atomic E-state index is 12.6. The molecule has 2 aromatic heterocycles. The van der Waals surface area contributed by atoms with Gasteiger partial charge in [0.25, 0.3) is 5.56 Å². The highest BCUT2D eigenvalue weighted by Crippen LogP contribution is 2.23. The van der Waals surface area contributed by atoms with Crippen LogP contribution in [0.25, 0.3) is 10.2 Å². The van der Waals surface area contributed by atoms with Crippen LogP contribution in [0, 0.1) is 11.3 Å². The summed E-state index contributed by atoms with van der Waals surface area (Å²) in [6, 6.07) is 8.38. The number of aromatic nitrogens is 2. The van der Waals surface area contributed by atoms with Gasteiger partial charge in [0, 0.05) is 11.6 Å². The Morgan fingerprint density at radius 2 is 2.30 bits per heavy atom. The normalized spacial score (nSPS) is 10.5. The van der Waals surface area contributed by atoms with Gasteiger partial charge in [0.05, 0.1) is 22.4 Å². The molecule has 0 aliphatic rings. The number of hydrogen-bond acceptors (Lipinski definition) is 6. The Bertz CT molecular complexity index is 1130. The topological polar surface area (TPSA) is 87.8 Å². The fourth-order valence-corrected chi connectivity index (χ4v) is 4.15. The maximum Gasteiger partial charge on any atom is 0.263 e. The second kappa shape index (κ2) is 8.39. The number of allylic oxidation sites excluding steroid dienone is 1. The molecule has 2 heterocycles. The number of rotatable bonds is 6. The Hall–Kier alpha value is -2.60. The van der Waals surface area contributed by atoms with Crippen molar-refractivity contribution in [1.82, 2.24) is 9.55 Å². The largest absolute Gasteiger partial charge is 0.324 e. The van der Waals surface area contributed by atoms with Gasteiger partial charge in [-0.05, 0) is 29.6 Å². The van der Waals surface area contributed by atoms with Crippen LogP contribution in [0.3, 0.4) is 0 Å². The van der Waals surface area contributed by atoms with Crippen LogP contribution in [0.1, 0.15) is 5.56 Å². The molecular weight excluding hydrogens is 404 g/mol. The van der Waals surface area contributed by atoms with Gasteiger partial charge in [0.2, 0.25) is 5.91 Å². The highest BCUT2D eigenvalue weighted by molar-refractivity contribution is 7.99. The van der Waals surface area contributed by atoms with Crippen molar-refractivity contribution in [1.29, 1.82) is 5.26 Å². The average molecular weight is 417 g/mol. The Morgan fingerprint density at radius 3 is 3.04 bits per heavy atom. The predicted molar refractivity (Wildman–Crippen MR) is 110 cm³/mol. The summed E-state index contributed by atoms with van der Waals surface area (Å²) in [6.07, 6.45) is 1.61. The zero-order chi connectivity index (χ0) is 19.4. The van der Waals surface area contributed by atoms with Crippen molar-refractivity contribution in [2.45, 2.75) is 11.7 Å². The Balaban J connectivity index is 1.80. The zero-order valence-corrected chi connectivity index (χ0v) is 16.3. The molecule has 0 atom stereocenters. The predicted octanol–water partition coefficient (Wildman–Crippen LogP) is 3.90. The standard InChI is InChI=1S/C18H13ClN4O2S2/c1-2-6-23-17(25)13-5-7-26-16(13)22-18(23)27-10-15(24)21-14-8-12(19)4-3-11(14)9-20/h2-5,7-8H,1,6,10H2,(H,21,24). The summed E-state index contributed by atoms with van der Waals surface area (Å²) >= 11 is 8.44. The van der Waals surface area contributed by atoms with E-state index in [9.17, 15) is 9.59 Å². The highest BCUT2D eigenvalue weighted by Gasteiger charge is 2.14. The van der Waals surface area contributed by atoms with Crippen LogP contribution in [0.2, 0.25) is 5.02 Å². The van der Waals surface area contributed by atoms with Gasteiger partial charge in [-0.15, -0.1) is 17.9 Å². The summed E-state index contributed by atoms with van der Waals surface area (Å²) in [5.74, 6) is -0.304. The molecule has 3 rings (SSSR count). The lowest BCUT2D eigenvalue weighted by atomic mass is 10.2. The molecule has 1 N–H and O–H groups in total. The van der Waals surface area contributed by atoms with Crippen molar-refractivity contribution in [3.05, 3.63) is 63.2 Å². The van der Waals surface area contributed by atoms with E-state index in [1.807, 2.05) is 6.07 Å². The molecule has 27 heavy (non-hydrogen) atoms. The molecule has 1 amide bonds. The molecular formula is C18H13ClN4O2S2. The third-order valence-corrected chi connectivity index (χ3v) is 5.59. The first-order valence-corrected chi connectivity index (χ1v) is 9.99. The number of nitrogens with zero attached hydrogens (tertiary/aromatic N) is 3. The summed E-state index contributed by atoms with van der Waals surface area (Å²) in [7, 11) is 0. The van der Waals surface area contributed by atoms with E-state index in [0.29, 0.717) is 38.2 Å². The van der Waals surface area contributed by atoms with Crippen LogP contribution in [0.4, 0.5) is 5.69 Å². The smallest absolute Gasteiger partial charge is 0.263 e. The molecule has 6 nitrogen and oxygen atoms in total. The zero-order valence-electron chi connectivity index (χ0n) is 13.9. The average Bonchev–Trinajstić information content (AvgIpc) is 3.12. The molecule has 0 bridgehead atoms. The maximum atomic E-state index is 12.6. The quantitative estimate of drug-likeness (QED) is 0.374. The number of anilines is 1. The van der Waals surface area contributed by atoms with E-state index in [2.05, 4.69) is 16.9 Å². The van der Waals surface area contributed by atoms with Crippen LogP contribution in [-0.2, 0) is 11.3 Å². The van der Waals surface area contributed by atoms with Gasteiger partial charge in [0.1, 0.15) is 10.9 Å². The Morgan fingerprint density at radius 1 is 1.48 bits per heavy atom. The van der Waals surface area contributed by atoms with Crippen LogP contribution in [0.5, 0.6) is 0 Å². The second-order valence-electron chi connectivity index (χ2n) is 5.38. The first-order chi connectivity index (χ1) is 13.0. The van der Waals surface area contributed by atoms with E-state index in [0.717, 1.165) is 11.8 Å². The molecule has 0 spiro atoms. The fourth-order valence-electron chi connectivity index (χ4n) is 2.36. The molecule has 1 aromatic carbocycles. The van der Waals surface area contributed by atoms with Gasteiger partial charge in [-0.1, -0.05) is 29.4 Å². The number of thiophene rings is 1.